The van der Waals surface area contributed by atoms with E-state index in [4.69, 9.17) is 10.5 Å². The van der Waals surface area contributed by atoms with Crippen LogP contribution in [0.1, 0.15) is 16.7 Å². The maximum absolute atomic E-state index is 11.5. The van der Waals surface area contributed by atoms with Gasteiger partial charge in [0, 0.05) is 0 Å². The van der Waals surface area contributed by atoms with Gasteiger partial charge in [-0.15, -0.1) is 0 Å². The summed E-state index contributed by atoms with van der Waals surface area (Å²) in [5.41, 5.74) is 8.45. The third-order valence-corrected chi connectivity index (χ3v) is 2.84. The van der Waals surface area contributed by atoms with Gasteiger partial charge in [0.2, 0.25) is 0 Å². The minimum Gasteiger partial charge on any atom is -0.452 e. The van der Waals surface area contributed by atoms with E-state index >= 15 is 0 Å². The Labute approximate surface area is 118 Å². The molecular weight excluding hydrogens is 250 g/mol. The molecule has 0 aliphatic rings. The number of amides is 1. The number of aryl methyl sites for hydroxylation is 2. The lowest BCUT2D eigenvalue weighted by molar-refractivity contribution is -0.116. The van der Waals surface area contributed by atoms with Crippen LogP contribution in [0.2, 0.25) is 0 Å². The first-order valence-electron chi connectivity index (χ1n) is 6.37. The van der Waals surface area contributed by atoms with Crippen LogP contribution in [0.4, 0.5) is 0 Å². The second-order valence-electron chi connectivity index (χ2n) is 4.70. The molecule has 0 unspecified atom stereocenters. The first-order valence-corrected chi connectivity index (χ1v) is 6.37. The Balaban J connectivity index is 2.27. The van der Waals surface area contributed by atoms with Crippen LogP contribution < -0.4 is 10.5 Å². The number of ether oxygens (including phenoxy) is 1. The van der Waals surface area contributed by atoms with Gasteiger partial charge in [0.05, 0.1) is 0 Å². The summed E-state index contributed by atoms with van der Waals surface area (Å²) in [6.45, 7) is 3.96. The SMILES string of the molecule is Cc1ccc(/C=C(\Oc2cccc(C)c2)C(N)=O)cc1. The van der Waals surface area contributed by atoms with E-state index in [1.807, 2.05) is 56.3 Å². The van der Waals surface area contributed by atoms with Gasteiger partial charge in [0.1, 0.15) is 5.75 Å². The first-order chi connectivity index (χ1) is 9.54. The number of primary amides is 1. The molecule has 0 saturated heterocycles. The summed E-state index contributed by atoms with van der Waals surface area (Å²) in [6.07, 6.45) is 1.64. The third-order valence-electron chi connectivity index (χ3n) is 2.84. The highest BCUT2D eigenvalue weighted by Gasteiger charge is 2.08. The number of nitrogens with two attached hydrogens (primary N) is 1. The lowest BCUT2D eigenvalue weighted by Gasteiger charge is -2.08. The van der Waals surface area contributed by atoms with Crippen molar-refractivity contribution in [3.63, 3.8) is 0 Å². The van der Waals surface area contributed by atoms with E-state index in [-0.39, 0.29) is 5.76 Å². The van der Waals surface area contributed by atoms with E-state index in [1.54, 1.807) is 12.1 Å². The molecule has 0 fully saturated rings. The highest BCUT2D eigenvalue weighted by molar-refractivity contribution is 5.95. The molecule has 2 N–H and O–H groups in total. The summed E-state index contributed by atoms with van der Waals surface area (Å²) in [5, 5.41) is 0. The molecule has 0 aliphatic heterocycles. The highest BCUT2D eigenvalue weighted by atomic mass is 16.5. The summed E-state index contributed by atoms with van der Waals surface area (Å²) in [6, 6.07) is 15.2. The molecule has 0 saturated carbocycles. The van der Waals surface area contributed by atoms with Gasteiger partial charge in [-0.05, 0) is 43.2 Å². The normalized spacial score (nSPS) is 11.2. The molecular formula is C17H17NO2. The summed E-state index contributed by atoms with van der Waals surface area (Å²) in [7, 11) is 0. The van der Waals surface area contributed by atoms with Crippen LogP contribution in [0.25, 0.3) is 6.08 Å². The summed E-state index contributed by atoms with van der Waals surface area (Å²) in [5.74, 6) is 0.133. The van der Waals surface area contributed by atoms with Gasteiger partial charge in [-0.3, -0.25) is 4.79 Å². The standard InChI is InChI=1S/C17H17NO2/c1-12-6-8-14(9-7-12)11-16(17(18)19)20-15-5-3-4-13(2)10-15/h3-11H,1-2H3,(H2,18,19)/b16-11-. The molecule has 3 nitrogen and oxygen atoms in total. The van der Waals surface area contributed by atoms with Crippen LogP contribution >= 0.6 is 0 Å². The van der Waals surface area contributed by atoms with Crippen LogP contribution in [0.5, 0.6) is 5.75 Å². The van der Waals surface area contributed by atoms with E-state index in [9.17, 15) is 4.79 Å². The predicted molar refractivity (Wildman–Crippen MR) is 80.2 cm³/mol. The van der Waals surface area contributed by atoms with E-state index < -0.39 is 5.91 Å². The van der Waals surface area contributed by atoms with Gasteiger partial charge in [-0.1, -0.05) is 42.0 Å². The fourth-order valence-corrected chi connectivity index (χ4v) is 1.77. The molecule has 0 aromatic heterocycles. The third kappa shape index (κ3) is 3.72. The second kappa shape index (κ2) is 6.06. The highest BCUT2D eigenvalue weighted by Crippen LogP contribution is 2.17. The number of hydrogen-bond acceptors (Lipinski definition) is 2. The topological polar surface area (TPSA) is 52.3 Å². The molecule has 20 heavy (non-hydrogen) atoms. The molecule has 0 bridgehead atoms. The molecule has 2 aromatic carbocycles. The van der Waals surface area contributed by atoms with E-state index in [0.29, 0.717) is 5.75 Å². The minimum atomic E-state index is -0.591. The van der Waals surface area contributed by atoms with Crippen molar-refractivity contribution in [1.82, 2.24) is 0 Å². The van der Waals surface area contributed by atoms with Crippen molar-refractivity contribution in [1.29, 1.82) is 0 Å². The fraction of sp³-hybridized carbons (Fsp3) is 0.118. The zero-order chi connectivity index (χ0) is 14.5. The molecule has 0 radical (unpaired) electrons. The zero-order valence-corrected chi connectivity index (χ0v) is 11.6. The van der Waals surface area contributed by atoms with Crippen molar-refractivity contribution in [3.05, 3.63) is 71.0 Å². The molecule has 1 amide bonds. The average Bonchev–Trinajstić information content (AvgIpc) is 2.40. The molecule has 0 atom stereocenters. The van der Waals surface area contributed by atoms with Crippen LogP contribution in [0.15, 0.2) is 54.3 Å². The Hall–Kier alpha value is -2.55. The largest absolute Gasteiger partial charge is 0.452 e. The maximum atomic E-state index is 11.5. The van der Waals surface area contributed by atoms with Crippen LogP contribution in [-0.4, -0.2) is 5.91 Å². The van der Waals surface area contributed by atoms with Gasteiger partial charge in [0.25, 0.3) is 5.91 Å². The number of rotatable bonds is 4. The Kier molecular flexibility index (Phi) is 4.20. The minimum absolute atomic E-state index is 0.124. The second-order valence-corrected chi connectivity index (χ2v) is 4.70. The lowest BCUT2D eigenvalue weighted by Crippen LogP contribution is -2.18. The molecule has 2 aromatic rings. The van der Waals surface area contributed by atoms with Crippen molar-refractivity contribution in [3.8, 4) is 5.75 Å². The quantitative estimate of drug-likeness (QED) is 0.683. The fourth-order valence-electron chi connectivity index (χ4n) is 1.77. The van der Waals surface area contributed by atoms with E-state index in [0.717, 1.165) is 16.7 Å². The Morgan fingerprint density at radius 3 is 2.35 bits per heavy atom. The maximum Gasteiger partial charge on any atom is 0.284 e. The smallest absolute Gasteiger partial charge is 0.284 e. The van der Waals surface area contributed by atoms with Gasteiger partial charge in [-0.25, -0.2) is 0 Å². The van der Waals surface area contributed by atoms with Crippen LogP contribution in [-0.2, 0) is 4.79 Å². The lowest BCUT2D eigenvalue weighted by atomic mass is 10.1. The van der Waals surface area contributed by atoms with E-state index in [1.165, 1.54) is 0 Å². The monoisotopic (exact) mass is 267 g/mol. The van der Waals surface area contributed by atoms with E-state index in [2.05, 4.69) is 0 Å². The molecule has 2 rings (SSSR count). The van der Waals surface area contributed by atoms with Crippen molar-refractivity contribution in [2.75, 3.05) is 0 Å². The van der Waals surface area contributed by atoms with Crippen LogP contribution in [0, 0.1) is 13.8 Å². The van der Waals surface area contributed by atoms with Crippen molar-refractivity contribution in [2.24, 2.45) is 5.73 Å². The number of carbonyl (C=O) groups excluding carboxylic acids is 1. The molecule has 102 valence electrons. The van der Waals surface area contributed by atoms with Crippen LogP contribution in [0.3, 0.4) is 0 Å². The van der Waals surface area contributed by atoms with Gasteiger partial charge in [0.15, 0.2) is 5.76 Å². The van der Waals surface area contributed by atoms with Gasteiger partial charge < -0.3 is 10.5 Å². The summed E-state index contributed by atoms with van der Waals surface area (Å²) >= 11 is 0. The first kappa shape index (κ1) is 13.9. The predicted octanol–water partition coefficient (Wildman–Crippen LogP) is 3.21. The molecule has 0 heterocycles. The molecule has 0 spiro atoms. The average molecular weight is 267 g/mol. The Bertz CT molecular complexity index is 642. The van der Waals surface area contributed by atoms with Crippen molar-refractivity contribution >= 4 is 12.0 Å². The molecule has 0 aliphatic carbocycles. The van der Waals surface area contributed by atoms with Gasteiger partial charge in [-0.2, -0.15) is 0 Å². The number of hydrogen-bond donors (Lipinski definition) is 1. The van der Waals surface area contributed by atoms with Gasteiger partial charge >= 0.3 is 0 Å². The number of carbonyl (C=O) groups is 1. The van der Waals surface area contributed by atoms with Crippen molar-refractivity contribution < 1.29 is 9.53 Å². The Morgan fingerprint density at radius 1 is 1.05 bits per heavy atom. The Morgan fingerprint density at radius 2 is 1.75 bits per heavy atom. The zero-order valence-electron chi connectivity index (χ0n) is 11.6. The van der Waals surface area contributed by atoms with Crippen molar-refractivity contribution in [2.45, 2.75) is 13.8 Å². The summed E-state index contributed by atoms with van der Waals surface area (Å²) in [4.78, 5) is 11.5. The summed E-state index contributed by atoms with van der Waals surface area (Å²) < 4.78 is 5.58. The number of benzene rings is 2. The molecule has 3 heteroatoms.